The topological polar surface area (TPSA) is 84.0 Å². The number of fused-ring (bicyclic) bond motifs is 1. The van der Waals surface area contributed by atoms with Gasteiger partial charge in [-0.3, -0.25) is 9.10 Å². The third kappa shape index (κ3) is 4.79. The van der Waals surface area contributed by atoms with Crippen LogP contribution in [-0.4, -0.2) is 39.5 Å². The van der Waals surface area contributed by atoms with Gasteiger partial charge in [0.2, 0.25) is 0 Å². The Hall–Kier alpha value is -3.65. The van der Waals surface area contributed by atoms with Crippen LogP contribution in [-0.2, 0) is 26.0 Å². The summed E-state index contributed by atoms with van der Waals surface area (Å²) in [6.07, 6.45) is 0.740. The lowest BCUT2D eigenvalue weighted by molar-refractivity contribution is -0.122. The molecule has 1 atom stereocenters. The van der Waals surface area contributed by atoms with E-state index in [2.05, 4.69) is 0 Å². The predicted octanol–water partition coefficient (Wildman–Crippen LogP) is 4.34. The van der Waals surface area contributed by atoms with Crippen molar-refractivity contribution in [2.75, 3.05) is 22.4 Å². The molecule has 0 N–H and O–H groups in total. The number of aryl methyl sites for hydroxylation is 1. The summed E-state index contributed by atoms with van der Waals surface area (Å²) in [5.74, 6) is -1.07. The van der Waals surface area contributed by atoms with Crippen molar-refractivity contribution in [2.24, 2.45) is 0 Å². The zero-order valence-corrected chi connectivity index (χ0v) is 20.8. The summed E-state index contributed by atoms with van der Waals surface area (Å²) in [5, 5.41) is 0. The van der Waals surface area contributed by atoms with Crippen molar-refractivity contribution in [1.29, 1.82) is 0 Å². The first kappa shape index (κ1) is 24.5. The molecule has 3 aromatic carbocycles. The average Bonchev–Trinajstić information content (AvgIpc) is 3.19. The minimum atomic E-state index is -3.93. The molecule has 7 nitrogen and oxygen atoms in total. The van der Waals surface area contributed by atoms with Gasteiger partial charge in [-0.15, -0.1) is 0 Å². The molecule has 0 radical (unpaired) electrons. The molecule has 0 saturated carbocycles. The molecule has 8 heteroatoms. The molecule has 1 heterocycles. The number of carbonyl (C=O) groups excluding carboxylic acids is 2. The molecule has 1 aliphatic heterocycles. The van der Waals surface area contributed by atoms with E-state index in [4.69, 9.17) is 4.74 Å². The van der Waals surface area contributed by atoms with Gasteiger partial charge in [0.05, 0.1) is 16.1 Å². The minimum Gasteiger partial charge on any atom is -0.452 e. The molecule has 1 amide bonds. The Morgan fingerprint density at radius 3 is 2.43 bits per heavy atom. The zero-order valence-electron chi connectivity index (χ0n) is 20.0. The molecule has 1 unspecified atom stereocenters. The SMILES string of the molecule is CCN(c1ccccc1)S(=O)(=O)c1cc(C(=O)OCC(=O)N2c3ccccc3CC2C)ccc1C. The average molecular weight is 493 g/mol. The monoisotopic (exact) mass is 492 g/mol. The van der Waals surface area contributed by atoms with Gasteiger partial charge in [0.15, 0.2) is 6.61 Å². The highest BCUT2D eigenvalue weighted by Gasteiger charge is 2.31. The first-order valence-corrected chi connectivity index (χ1v) is 12.9. The van der Waals surface area contributed by atoms with Crippen LogP contribution in [0.2, 0.25) is 0 Å². The standard InChI is InChI=1S/C27H28N2O5S/c1-4-28(23-11-6-5-7-12-23)35(32,33)25-17-22(15-14-19(25)2)27(31)34-18-26(30)29-20(3)16-21-10-8-9-13-24(21)29/h5-15,17,20H,4,16,18H2,1-3H3. The highest BCUT2D eigenvalue weighted by atomic mass is 32.2. The normalized spacial score (nSPS) is 14.9. The van der Waals surface area contributed by atoms with Crippen molar-refractivity contribution in [3.8, 4) is 0 Å². The summed E-state index contributed by atoms with van der Waals surface area (Å²) in [5.41, 5.74) is 3.01. The highest BCUT2D eigenvalue weighted by Crippen LogP contribution is 2.32. The number of nitrogens with zero attached hydrogens (tertiary/aromatic N) is 2. The largest absolute Gasteiger partial charge is 0.452 e. The second-order valence-corrected chi connectivity index (χ2v) is 10.3. The van der Waals surface area contributed by atoms with E-state index in [1.54, 1.807) is 49.1 Å². The van der Waals surface area contributed by atoms with Gasteiger partial charge in [0.25, 0.3) is 15.9 Å². The van der Waals surface area contributed by atoms with Crippen molar-refractivity contribution in [3.05, 3.63) is 89.5 Å². The molecule has 0 aromatic heterocycles. The zero-order chi connectivity index (χ0) is 25.2. The molecular weight excluding hydrogens is 464 g/mol. The van der Waals surface area contributed by atoms with E-state index in [0.717, 1.165) is 17.7 Å². The van der Waals surface area contributed by atoms with Gasteiger partial charge in [-0.2, -0.15) is 0 Å². The second-order valence-electron chi connectivity index (χ2n) is 8.51. The van der Waals surface area contributed by atoms with E-state index >= 15 is 0 Å². The van der Waals surface area contributed by atoms with Gasteiger partial charge in [0.1, 0.15) is 0 Å². The van der Waals surface area contributed by atoms with E-state index in [0.29, 0.717) is 11.3 Å². The number of benzene rings is 3. The fourth-order valence-corrected chi connectivity index (χ4v) is 6.16. The van der Waals surface area contributed by atoms with Crippen LogP contribution in [0.3, 0.4) is 0 Å². The van der Waals surface area contributed by atoms with Crippen LogP contribution in [0, 0.1) is 6.92 Å². The Balaban J connectivity index is 1.53. The summed E-state index contributed by atoms with van der Waals surface area (Å²) in [4.78, 5) is 27.3. The number of hydrogen-bond donors (Lipinski definition) is 0. The molecule has 3 aromatic rings. The summed E-state index contributed by atoms with van der Waals surface area (Å²) in [6, 6.07) is 20.8. The molecule has 0 aliphatic carbocycles. The third-order valence-electron chi connectivity index (χ3n) is 6.13. The molecule has 182 valence electrons. The number of rotatable bonds is 7. The van der Waals surface area contributed by atoms with E-state index in [1.165, 1.54) is 16.4 Å². The maximum atomic E-state index is 13.5. The van der Waals surface area contributed by atoms with Crippen molar-refractivity contribution in [3.63, 3.8) is 0 Å². The fourth-order valence-electron chi connectivity index (χ4n) is 4.44. The first-order chi connectivity index (χ1) is 16.7. The highest BCUT2D eigenvalue weighted by molar-refractivity contribution is 7.92. The summed E-state index contributed by atoms with van der Waals surface area (Å²) >= 11 is 0. The van der Waals surface area contributed by atoms with E-state index in [9.17, 15) is 18.0 Å². The molecule has 0 bridgehead atoms. The molecule has 35 heavy (non-hydrogen) atoms. The molecule has 1 aliphatic rings. The number of hydrogen-bond acceptors (Lipinski definition) is 5. The van der Waals surface area contributed by atoms with Crippen LogP contribution >= 0.6 is 0 Å². The third-order valence-corrected chi connectivity index (χ3v) is 8.17. The van der Waals surface area contributed by atoms with E-state index < -0.39 is 22.6 Å². The van der Waals surface area contributed by atoms with Crippen LogP contribution in [0.4, 0.5) is 11.4 Å². The maximum Gasteiger partial charge on any atom is 0.338 e. The Kier molecular flexibility index (Phi) is 6.93. The first-order valence-electron chi connectivity index (χ1n) is 11.5. The van der Waals surface area contributed by atoms with Crippen molar-refractivity contribution < 1.29 is 22.7 Å². The van der Waals surface area contributed by atoms with Crippen LogP contribution < -0.4 is 9.21 Å². The summed E-state index contributed by atoms with van der Waals surface area (Å²) < 4.78 is 33.5. The summed E-state index contributed by atoms with van der Waals surface area (Å²) in [6.45, 7) is 5.17. The van der Waals surface area contributed by atoms with Crippen LogP contribution in [0.15, 0.2) is 77.7 Å². The molecular formula is C27H28N2O5S. The number of sulfonamides is 1. The van der Waals surface area contributed by atoms with Crippen LogP contribution in [0.5, 0.6) is 0 Å². The van der Waals surface area contributed by atoms with Gasteiger partial charge in [-0.25, -0.2) is 13.2 Å². The van der Waals surface area contributed by atoms with Gasteiger partial charge < -0.3 is 9.64 Å². The van der Waals surface area contributed by atoms with Gasteiger partial charge in [-0.1, -0.05) is 42.5 Å². The lowest BCUT2D eigenvalue weighted by Gasteiger charge is -2.24. The Morgan fingerprint density at radius 2 is 1.71 bits per heavy atom. The molecule has 4 rings (SSSR count). The summed E-state index contributed by atoms with van der Waals surface area (Å²) in [7, 11) is -3.93. The lowest BCUT2D eigenvalue weighted by atomic mass is 10.1. The van der Waals surface area contributed by atoms with Crippen molar-refractivity contribution >= 4 is 33.3 Å². The Morgan fingerprint density at radius 1 is 1.03 bits per heavy atom. The predicted molar refractivity (Wildman–Crippen MR) is 135 cm³/mol. The quantitative estimate of drug-likeness (QED) is 0.458. The Labute approximate surface area is 206 Å². The van der Waals surface area contributed by atoms with E-state index in [-0.39, 0.29) is 29.0 Å². The molecule has 0 fully saturated rings. The molecule has 0 spiro atoms. The fraction of sp³-hybridized carbons (Fsp3) is 0.259. The minimum absolute atomic E-state index is 0.0195. The number of ether oxygens (including phenoxy) is 1. The van der Waals surface area contributed by atoms with Crippen molar-refractivity contribution in [2.45, 2.75) is 38.1 Å². The lowest BCUT2D eigenvalue weighted by Crippen LogP contribution is -2.38. The smallest absolute Gasteiger partial charge is 0.338 e. The van der Waals surface area contributed by atoms with Crippen LogP contribution in [0.1, 0.15) is 35.3 Å². The van der Waals surface area contributed by atoms with Crippen molar-refractivity contribution in [1.82, 2.24) is 0 Å². The van der Waals surface area contributed by atoms with Crippen LogP contribution in [0.25, 0.3) is 0 Å². The van der Waals surface area contributed by atoms with Gasteiger partial charge in [0, 0.05) is 18.3 Å². The Bertz CT molecular complexity index is 1350. The second kappa shape index (κ2) is 9.92. The number of anilines is 2. The molecule has 0 saturated heterocycles. The number of esters is 1. The van der Waals surface area contributed by atoms with E-state index in [1.807, 2.05) is 37.3 Å². The number of amides is 1. The number of carbonyl (C=O) groups is 2. The van der Waals surface area contributed by atoms with Gasteiger partial charge >= 0.3 is 5.97 Å². The van der Waals surface area contributed by atoms with Gasteiger partial charge in [-0.05, 0) is 68.7 Å². The maximum absolute atomic E-state index is 13.5. The number of para-hydroxylation sites is 2.